The second-order valence-electron chi connectivity index (χ2n) is 11.1. The molecule has 1 aliphatic rings. The van der Waals surface area contributed by atoms with Crippen molar-refractivity contribution in [3.05, 3.63) is 71.1 Å². The Morgan fingerprint density at radius 2 is 1.14 bits per heavy atom. The Bertz CT molecular complexity index is 1580. The summed E-state index contributed by atoms with van der Waals surface area (Å²) < 4.78 is 0. The minimum Gasteiger partial charge on any atom is -0.480 e. The molecule has 0 fully saturated rings. The molecule has 3 rings (SSSR count). The van der Waals surface area contributed by atoms with Gasteiger partial charge in [0.05, 0.1) is 37.6 Å². The minimum atomic E-state index is -1.26. The van der Waals surface area contributed by atoms with E-state index in [0.29, 0.717) is 42.6 Å². The number of nitrogens with one attached hydrogen (secondary N) is 1. The summed E-state index contributed by atoms with van der Waals surface area (Å²) in [5.41, 5.74) is 1.96. The van der Waals surface area contributed by atoms with Crippen molar-refractivity contribution in [2.24, 2.45) is 0 Å². The van der Waals surface area contributed by atoms with Crippen molar-refractivity contribution in [3.8, 4) is 11.8 Å². The van der Waals surface area contributed by atoms with Gasteiger partial charge in [-0.05, 0) is 49.2 Å². The standard InChI is InChI=1S/C33H35N5O11.Eu/c39-27(4-2-1-3-13-38-28(40)11-12-29(38)41)35-24-9-7-22(8-10-24)5-6-23-14-25(16-36(18-30(42)43)19-31(44)45)34-26(15-23)17-37(20-32(46)47)21-33(48)49;/h7-12,14-15H,1-4,13,16-21H2,(H,35,39)(H,42,43)(H,44,45)(H,46,47)(H,48,49);/q;+3. The molecule has 0 saturated carbocycles. The summed E-state index contributed by atoms with van der Waals surface area (Å²) in [7, 11) is 0. The summed E-state index contributed by atoms with van der Waals surface area (Å²) in [4.78, 5) is 88.6. The number of hydrogen-bond donors (Lipinski definition) is 5. The van der Waals surface area contributed by atoms with E-state index < -0.39 is 50.1 Å². The second kappa shape index (κ2) is 21.0. The fourth-order valence-electron chi connectivity index (χ4n) is 4.83. The van der Waals surface area contributed by atoms with Gasteiger partial charge in [0, 0.05) is 55.0 Å². The average molecular weight is 830 g/mol. The average Bonchev–Trinajstić information content (AvgIpc) is 3.31. The zero-order valence-electron chi connectivity index (χ0n) is 26.7. The number of hydrogen-bond acceptors (Lipinski definition) is 10. The van der Waals surface area contributed by atoms with Crippen molar-refractivity contribution in [1.82, 2.24) is 19.7 Å². The normalized spacial score (nSPS) is 12.0. The van der Waals surface area contributed by atoms with Crippen LogP contribution in [-0.2, 0) is 46.7 Å². The van der Waals surface area contributed by atoms with E-state index in [0.717, 1.165) is 14.7 Å². The summed E-state index contributed by atoms with van der Waals surface area (Å²) in [6.45, 7) is -2.44. The first-order valence-electron chi connectivity index (χ1n) is 15.0. The molecular formula is C33H35EuN5O11+3. The van der Waals surface area contributed by atoms with Crippen LogP contribution < -0.4 is 5.32 Å². The summed E-state index contributed by atoms with van der Waals surface area (Å²) in [6, 6.07) is 9.72. The number of benzene rings is 1. The van der Waals surface area contributed by atoms with Gasteiger partial charge in [0.25, 0.3) is 11.8 Å². The van der Waals surface area contributed by atoms with E-state index in [1.165, 1.54) is 24.3 Å². The zero-order chi connectivity index (χ0) is 35.9. The van der Waals surface area contributed by atoms with Gasteiger partial charge in [-0.1, -0.05) is 18.3 Å². The Balaban J connectivity index is 0.00000867. The number of amides is 3. The molecule has 3 amide bonds. The van der Waals surface area contributed by atoms with Gasteiger partial charge < -0.3 is 25.7 Å². The van der Waals surface area contributed by atoms with E-state index in [2.05, 4.69) is 22.1 Å². The molecule has 1 aromatic carbocycles. The Labute approximate surface area is 327 Å². The third-order valence-electron chi connectivity index (χ3n) is 6.84. The molecule has 0 spiro atoms. The van der Waals surface area contributed by atoms with Gasteiger partial charge in [-0.25, -0.2) is 0 Å². The van der Waals surface area contributed by atoms with Gasteiger partial charge in [-0.3, -0.25) is 53.2 Å². The van der Waals surface area contributed by atoms with Crippen LogP contribution in [0.1, 0.15) is 48.2 Å². The number of nitrogens with zero attached hydrogens (tertiary/aromatic N) is 4. The van der Waals surface area contributed by atoms with E-state index in [1.54, 1.807) is 24.3 Å². The van der Waals surface area contributed by atoms with Crippen molar-refractivity contribution < 1.29 is 103 Å². The van der Waals surface area contributed by atoms with Crippen LogP contribution in [0.25, 0.3) is 0 Å². The van der Waals surface area contributed by atoms with Gasteiger partial charge in [-0.2, -0.15) is 0 Å². The van der Waals surface area contributed by atoms with E-state index in [4.69, 9.17) is 0 Å². The summed E-state index contributed by atoms with van der Waals surface area (Å²) in [5, 5.41) is 39.7. The SMILES string of the molecule is O=C(O)CN(CC(=O)O)Cc1cc(C#Cc2ccc(NC(=O)CCCCCN3C(=O)C=CC3=O)cc2)cc(CN(CC(=O)O)CC(=O)O)n1.[Eu+3]. The summed E-state index contributed by atoms with van der Waals surface area (Å²) >= 11 is 0. The quantitative estimate of drug-likeness (QED) is 0.0751. The molecule has 17 heteroatoms. The van der Waals surface area contributed by atoms with E-state index in [1.807, 2.05) is 0 Å². The largest absolute Gasteiger partial charge is 3.00 e. The second-order valence-corrected chi connectivity index (χ2v) is 11.1. The van der Waals surface area contributed by atoms with E-state index in [9.17, 15) is 54.0 Å². The number of carboxylic acid groups (broad SMARTS) is 4. The van der Waals surface area contributed by atoms with Gasteiger partial charge in [0.1, 0.15) is 0 Å². The van der Waals surface area contributed by atoms with Crippen LogP contribution in [0.5, 0.6) is 0 Å². The predicted octanol–water partition coefficient (Wildman–Crippen LogP) is 0.848. The van der Waals surface area contributed by atoms with Gasteiger partial charge in [0.2, 0.25) is 5.91 Å². The number of rotatable bonds is 19. The van der Waals surface area contributed by atoms with Crippen LogP contribution in [0.3, 0.4) is 0 Å². The van der Waals surface area contributed by atoms with Crippen LogP contribution in [-0.4, -0.2) is 114 Å². The number of anilines is 1. The van der Waals surface area contributed by atoms with Gasteiger partial charge in [0.15, 0.2) is 0 Å². The van der Waals surface area contributed by atoms with Crippen LogP contribution in [0.4, 0.5) is 5.69 Å². The van der Waals surface area contributed by atoms with Crippen LogP contribution in [0.2, 0.25) is 0 Å². The number of carbonyl (C=O) groups excluding carboxylic acids is 3. The smallest absolute Gasteiger partial charge is 0.480 e. The van der Waals surface area contributed by atoms with Crippen molar-refractivity contribution >= 4 is 47.3 Å². The first kappa shape index (κ1) is 41.8. The molecule has 2 aromatic rings. The Kier molecular flexibility index (Phi) is 17.6. The summed E-state index contributed by atoms with van der Waals surface area (Å²) in [6.07, 6.45) is 4.54. The van der Waals surface area contributed by atoms with E-state index >= 15 is 0 Å². The number of aromatic nitrogens is 1. The maximum atomic E-state index is 12.4. The first-order valence-corrected chi connectivity index (χ1v) is 15.0. The molecule has 0 saturated heterocycles. The zero-order valence-corrected chi connectivity index (χ0v) is 29.1. The molecule has 0 bridgehead atoms. The molecule has 262 valence electrons. The van der Waals surface area contributed by atoms with Gasteiger partial charge in [-0.15, -0.1) is 0 Å². The molecule has 0 atom stereocenters. The molecule has 1 aromatic heterocycles. The Morgan fingerprint density at radius 1 is 0.680 bits per heavy atom. The monoisotopic (exact) mass is 830 g/mol. The van der Waals surface area contributed by atoms with Crippen molar-refractivity contribution in [1.29, 1.82) is 0 Å². The molecule has 1 aliphatic heterocycles. The molecule has 5 N–H and O–H groups in total. The van der Waals surface area contributed by atoms with Crippen molar-refractivity contribution in [2.75, 3.05) is 38.0 Å². The number of aliphatic carboxylic acids is 4. The fraction of sp³-hybridized carbons (Fsp3) is 0.333. The molecule has 0 aliphatic carbocycles. The van der Waals surface area contributed by atoms with Gasteiger partial charge >= 0.3 is 73.3 Å². The first-order chi connectivity index (χ1) is 23.3. The predicted molar refractivity (Wildman–Crippen MR) is 171 cm³/mol. The molecule has 0 radical (unpaired) electrons. The van der Waals surface area contributed by atoms with Crippen LogP contribution in [0.15, 0.2) is 48.6 Å². The molecule has 2 heterocycles. The van der Waals surface area contributed by atoms with Crippen LogP contribution in [0, 0.1) is 61.2 Å². The third-order valence-corrected chi connectivity index (χ3v) is 6.84. The van der Waals surface area contributed by atoms with Crippen molar-refractivity contribution in [3.63, 3.8) is 0 Å². The van der Waals surface area contributed by atoms with Crippen molar-refractivity contribution in [2.45, 2.75) is 38.8 Å². The molecular weight excluding hydrogens is 794 g/mol. The Hall–Kier alpha value is -4.34. The molecule has 16 nitrogen and oxygen atoms in total. The topological polar surface area (TPSA) is 235 Å². The van der Waals surface area contributed by atoms with Crippen LogP contribution >= 0.6 is 0 Å². The number of carbonyl (C=O) groups is 7. The molecule has 0 unspecified atom stereocenters. The number of pyridine rings is 1. The summed E-state index contributed by atoms with van der Waals surface area (Å²) in [5.74, 6) is 0.0175. The number of carboxylic acids is 4. The number of unbranched alkanes of at least 4 members (excludes halogenated alkanes) is 2. The third kappa shape index (κ3) is 15.5. The van der Waals surface area contributed by atoms with E-state index in [-0.39, 0.29) is 98.0 Å². The molecule has 50 heavy (non-hydrogen) atoms. The fourth-order valence-corrected chi connectivity index (χ4v) is 4.83. The minimum absolute atomic E-state index is 0. The Morgan fingerprint density at radius 3 is 1.60 bits per heavy atom. The number of imide groups is 1. The maximum absolute atomic E-state index is 12.4. The maximum Gasteiger partial charge on any atom is 3.00 e.